The van der Waals surface area contributed by atoms with Crippen molar-refractivity contribution in [2.45, 2.75) is 12.1 Å². The fraction of sp³-hybridized carbons (Fsp3) is 0.333. The van der Waals surface area contributed by atoms with E-state index in [1.807, 2.05) is 10.6 Å². The summed E-state index contributed by atoms with van der Waals surface area (Å²) < 4.78 is 0. The number of nitrogen functional groups attached to an aromatic ring is 2. The van der Waals surface area contributed by atoms with Gasteiger partial charge in [0.2, 0.25) is 0 Å². The van der Waals surface area contributed by atoms with Crippen molar-refractivity contribution in [3.63, 3.8) is 0 Å². The lowest BCUT2D eigenvalue weighted by molar-refractivity contribution is -0.141. The maximum atomic E-state index is 12.0. The van der Waals surface area contributed by atoms with E-state index >= 15 is 0 Å². The average Bonchev–Trinajstić information content (AvgIpc) is 2.57. The predicted molar refractivity (Wildman–Crippen MR) is 82.8 cm³/mol. The van der Waals surface area contributed by atoms with Crippen LogP contribution in [0.2, 0.25) is 0 Å². The first-order chi connectivity index (χ1) is 12.1. The molecule has 0 saturated carbocycles. The van der Waals surface area contributed by atoms with E-state index in [1.54, 1.807) is 0 Å². The van der Waals surface area contributed by atoms with Crippen LogP contribution in [-0.4, -0.2) is 79.4 Å². The van der Waals surface area contributed by atoms with Crippen molar-refractivity contribution >= 4 is 35.4 Å². The van der Waals surface area contributed by atoms with Crippen LogP contribution in [0.4, 0.5) is 11.6 Å². The van der Waals surface area contributed by atoms with Crippen LogP contribution >= 0.6 is 0 Å². The number of aliphatic hydroxyl groups is 2. The molecule has 0 aliphatic rings. The maximum absolute atomic E-state index is 12.0. The summed E-state index contributed by atoms with van der Waals surface area (Å²) in [4.78, 5) is 52.6. The number of carbonyl (C=O) groups excluding carboxylic acids is 2. The number of nitrogens with one attached hydrogen (secondary N) is 2. The van der Waals surface area contributed by atoms with Gasteiger partial charge < -0.3 is 42.5 Å². The third-order valence-electron chi connectivity index (χ3n) is 2.95. The Bertz CT molecular complexity index is 677. The van der Waals surface area contributed by atoms with Gasteiger partial charge in [0.1, 0.15) is 0 Å². The minimum absolute atomic E-state index is 0.597. The highest BCUT2D eigenvalue weighted by Gasteiger charge is 2.26. The highest BCUT2D eigenvalue weighted by molar-refractivity contribution is 6.02. The Kier molecular flexibility index (Phi) is 6.74. The lowest BCUT2D eigenvalue weighted by Gasteiger charge is -2.14. The van der Waals surface area contributed by atoms with E-state index < -0.39 is 72.1 Å². The average molecular weight is 372 g/mol. The van der Waals surface area contributed by atoms with Gasteiger partial charge in [-0.05, 0) is 0 Å². The Balaban J connectivity index is 3.07. The van der Waals surface area contributed by atoms with E-state index in [0.717, 1.165) is 0 Å². The number of nitrogens with two attached hydrogens (primary N) is 2. The van der Waals surface area contributed by atoms with Crippen LogP contribution in [0.3, 0.4) is 0 Å². The Morgan fingerprint density at radius 1 is 0.808 bits per heavy atom. The molecule has 2 unspecified atom stereocenters. The van der Waals surface area contributed by atoms with Crippen LogP contribution in [-0.2, 0) is 9.59 Å². The molecule has 1 rings (SSSR count). The molecule has 1 aromatic rings. The summed E-state index contributed by atoms with van der Waals surface area (Å²) >= 11 is 0. The van der Waals surface area contributed by atoms with E-state index in [1.165, 1.54) is 0 Å². The van der Waals surface area contributed by atoms with Gasteiger partial charge in [0.15, 0.2) is 35.1 Å². The molecule has 142 valence electrons. The van der Waals surface area contributed by atoms with Crippen molar-refractivity contribution in [3.8, 4) is 0 Å². The van der Waals surface area contributed by atoms with Gasteiger partial charge >= 0.3 is 11.9 Å². The number of hydrogen-bond donors (Lipinski definition) is 8. The first kappa shape index (κ1) is 20.5. The van der Waals surface area contributed by atoms with Crippen LogP contribution in [0.25, 0.3) is 0 Å². The zero-order chi connectivity index (χ0) is 20.0. The van der Waals surface area contributed by atoms with Crippen molar-refractivity contribution in [2.75, 3.05) is 24.7 Å². The minimum Gasteiger partial charge on any atom is -0.480 e. The molecular weight excluding hydrogens is 356 g/mol. The maximum Gasteiger partial charge on any atom is 0.328 e. The topological polar surface area (TPSA) is 251 Å². The lowest BCUT2D eigenvalue weighted by atomic mass is 10.2. The van der Waals surface area contributed by atoms with Gasteiger partial charge in [0.25, 0.3) is 11.8 Å². The fourth-order valence-corrected chi connectivity index (χ4v) is 1.62. The molecule has 0 bridgehead atoms. The summed E-state index contributed by atoms with van der Waals surface area (Å²) in [7, 11) is 0. The molecular formula is C12H16N6O8. The summed E-state index contributed by atoms with van der Waals surface area (Å²) in [5.74, 6) is -6.46. The molecule has 1 aromatic heterocycles. The molecule has 10 N–H and O–H groups in total. The number of anilines is 2. The van der Waals surface area contributed by atoms with Gasteiger partial charge in [0.05, 0.1) is 13.2 Å². The zero-order valence-electron chi connectivity index (χ0n) is 13.0. The van der Waals surface area contributed by atoms with E-state index in [4.69, 9.17) is 31.9 Å². The first-order valence-electron chi connectivity index (χ1n) is 6.84. The van der Waals surface area contributed by atoms with E-state index in [0.29, 0.717) is 0 Å². The normalized spacial score (nSPS) is 12.7. The molecule has 14 heteroatoms. The van der Waals surface area contributed by atoms with Crippen molar-refractivity contribution in [2.24, 2.45) is 0 Å². The highest BCUT2D eigenvalue weighted by atomic mass is 16.4. The number of carboxylic acid groups (broad SMARTS) is 2. The molecule has 1 heterocycles. The lowest BCUT2D eigenvalue weighted by Crippen LogP contribution is -2.45. The third kappa shape index (κ3) is 4.74. The molecule has 0 radical (unpaired) electrons. The minimum atomic E-state index is -1.63. The summed E-state index contributed by atoms with van der Waals surface area (Å²) in [5.41, 5.74) is 9.80. The van der Waals surface area contributed by atoms with Gasteiger partial charge in [0, 0.05) is 0 Å². The number of aliphatic carboxylic acids is 2. The largest absolute Gasteiger partial charge is 0.480 e. The van der Waals surface area contributed by atoms with Crippen LogP contribution in [0.5, 0.6) is 0 Å². The summed E-state index contributed by atoms with van der Waals surface area (Å²) in [6.45, 7) is -1.80. The number of carboxylic acids is 2. The second-order valence-electron chi connectivity index (χ2n) is 4.79. The standard InChI is InChI=1S/C12H16N6O8/c13-7-5(9(21)15-3(1-19)11(23)24)17-8(14)6(18-7)10(22)16-4(2-20)12(25)26/h3-4,19-20H,1-2H2,(H2,14,17)(H2,13,18)(H,15,21)(H,16,22)(H,23,24)(H,25,26). The molecule has 0 saturated heterocycles. The number of aliphatic hydroxyl groups excluding tert-OH is 2. The number of amides is 2. The Labute approximate surface area is 144 Å². The smallest absolute Gasteiger partial charge is 0.328 e. The molecule has 26 heavy (non-hydrogen) atoms. The molecule has 2 amide bonds. The van der Waals surface area contributed by atoms with E-state index in [-0.39, 0.29) is 0 Å². The second-order valence-corrected chi connectivity index (χ2v) is 4.79. The van der Waals surface area contributed by atoms with Crippen molar-refractivity contribution in [1.82, 2.24) is 20.6 Å². The fourth-order valence-electron chi connectivity index (χ4n) is 1.62. The molecule has 0 aromatic carbocycles. The van der Waals surface area contributed by atoms with Crippen LogP contribution in [0, 0.1) is 0 Å². The zero-order valence-corrected chi connectivity index (χ0v) is 13.0. The van der Waals surface area contributed by atoms with Gasteiger partial charge in [-0.1, -0.05) is 0 Å². The molecule has 0 aliphatic carbocycles. The van der Waals surface area contributed by atoms with E-state index in [9.17, 15) is 19.2 Å². The second kappa shape index (κ2) is 8.54. The van der Waals surface area contributed by atoms with Crippen molar-refractivity contribution in [3.05, 3.63) is 11.4 Å². The molecule has 0 fully saturated rings. The van der Waals surface area contributed by atoms with Gasteiger partial charge in [-0.15, -0.1) is 0 Å². The number of nitrogens with zero attached hydrogens (tertiary/aromatic N) is 2. The Hall–Kier alpha value is -3.52. The number of carbonyl (C=O) groups is 4. The van der Waals surface area contributed by atoms with Crippen molar-refractivity contribution < 1.29 is 39.6 Å². The predicted octanol–water partition coefficient (Wildman–Crippen LogP) is -4.01. The molecule has 14 nitrogen and oxygen atoms in total. The SMILES string of the molecule is Nc1nc(C(=O)NC(CO)C(=O)O)c(N)nc1C(=O)NC(CO)C(=O)O. The monoisotopic (exact) mass is 372 g/mol. The van der Waals surface area contributed by atoms with Crippen LogP contribution < -0.4 is 22.1 Å². The first-order valence-corrected chi connectivity index (χ1v) is 6.84. The summed E-state index contributed by atoms with van der Waals surface area (Å²) in [6.07, 6.45) is 0. The third-order valence-corrected chi connectivity index (χ3v) is 2.95. The van der Waals surface area contributed by atoms with Crippen LogP contribution in [0.15, 0.2) is 0 Å². The van der Waals surface area contributed by atoms with E-state index in [2.05, 4.69) is 9.97 Å². The van der Waals surface area contributed by atoms with Gasteiger partial charge in [-0.3, -0.25) is 9.59 Å². The quantitative estimate of drug-likeness (QED) is 0.217. The number of hydrogen-bond acceptors (Lipinski definition) is 10. The Morgan fingerprint density at radius 3 is 1.35 bits per heavy atom. The summed E-state index contributed by atoms with van der Waals surface area (Å²) in [5, 5.41) is 39.1. The van der Waals surface area contributed by atoms with Gasteiger partial charge in [-0.2, -0.15) is 0 Å². The number of aromatic nitrogens is 2. The summed E-state index contributed by atoms with van der Waals surface area (Å²) in [6, 6.07) is -3.26. The molecule has 0 aliphatic heterocycles. The van der Waals surface area contributed by atoms with Crippen molar-refractivity contribution in [1.29, 1.82) is 0 Å². The molecule has 0 spiro atoms. The van der Waals surface area contributed by atoms with Crippen LogP contribution in [0.1, 0.15) is 21.0 Å². The highest BCUT2D eigenvalue weighted by Crippen LogP contribution is 2.13. The molecule has 2 atom stereocenters. The Morgan fingerprint density at radius 2 is 1.12 bits per heavy atom. The van der Waals surface area contributed by atoms with Gasteiger partial charge in [-0.25, -0.2) is 19.6 Å². The number of rotatable bonds is 8.